The Morgan fingerprint density at radius 1 is 1.03 bits per heavy atom. The molecule has 29 heavy (non-hydrogen) atoms. The zero-order valence-corrected chi connectivity index (χ0v) is 16.1. The molecule has 2 amide bonds. The molecule has 0 bridgehead atoms. The van der Waals surface area contributed by atoms with Gasteiger partial charge in [-0.05, 0) is 42.3 Å². The summed E-state index contributed by atoms with van der Waals surface area (Å²) < 4.78 is 13.9. The molecule has 1 atom stereocenters. The standard InChI is InChI=1S/C24H21FN2O2/c1-24(23(29)26-16-17-8-3-2-4-9-17)15-18-10-5-6-13-21(18)22(28)27(24)20-12-7-11-19(25)14-20/h2-14H,15-16H2,1H3,(H,26,29)/t24-/m1/s1. The zero-order valence-electron chi connectivity index (χ0n) is 16.1. The molecule has 0 aliphatic carbocycles. The molecule has 3 aromatic rings. The van der Waals surface area contributed by atoms with Crippen molar-refractivity contribution in [3.8, 4) is 0 Å². The normalized spacial score (nSPS) is 18.3. The molecular weight excluding hydrogens is 367 g/mol. The maximum Gasteiger partial charge on any atom is 0.259 e. The van der Waals surface area contributed by atoms with Gasteiger partial charge in [-0.3, -0.25) is 14.5 Å². The van der Waals surface area contributed by atoms with Gasteiger partial charge in [-0.1, -0.05) is 54.6 Å². The quantitative estimate of drug-likeness (QED) is 0.731. The number of amides is 2. The number of fused-ring (bicyclic) bond motifs is 1. The van der Waals surface area contributed by atoms with E-state index in [-0.39, 0.29) is 11.8 Å². The Hall–Kier alpha value is -3.47. The van der Waals surface area contributed by atoms with Gasteiger partial charge in [0.15, 0.2) is 0 Å². The lowest BCUT2D eigenvalue weighted by Gasteiger charge is -2.44. The fourth-order valence-corrected chi connectivity index (χ4v) is 3.85. The average molecular weight is 388 g/mol. The number of nitrogens with one attached hydrogen (secondary N) is 1. The van der Waals surface area contributed by atoms with Crippen LogP contribution in [0, 0.1) is 5.82 Å². The van der Waals surface area contributed by atoms with Crippen LogP contribution in [-0.2, 0) is 17.8 Å². The number of hydrogen-bond donors (Lipinski definition) is 1. The lowest BCUT2D eigenvalue weighted by molar-refractivity contribution is -0.126. The van der Waals surface area contributed by atoms with Gasteiger partial charge in [0.1, 0.15) is 11.4 Å². The summed E-state index contributed by atoms with van der Waals surface area (Å²) in [6, 6.07) is 22.6. The lowest BCUT2D eigenvalue weighted by atomic mass is 9.82. The van der Waals surface area contributed by atoms with E-state index in [1.807, 2.05) is 42.5 Å². The first-order valence-corrected chi connectivity index (χ1v) is 9.49. The minimum atomic E-state index is -1.19. The number of benzene rings is 3. The second-order valence-corrected chi connectivity index (χ2v) is 7.40. The van der Waals surface area contributed by atoms with Gasteiger partial charge in [0.2, 0.25) is 5.91 Å². The SMILES string of the molecule is C[C@]1(C(=O)NCc2ccccc2)Cc2ccccc2C(=O)N1c1cccc(F)c1. The summed E-state index contributed by atoms with van der Waals surface area (Å²) in [7, 11) is 0. The monoisotopic (exact) mass is 388 g/mol. The molecule has 1 aliphatic rings. The van der Waals surface area contributed by atoms with Crippen LogP contribution in [0.1, 0.15) is 28.4 Å². The minimum Gasteiger partial charge on any atom is -0.350 e. The van der Waals surface area contributed by atoms with Crippen molar-refractivity contribution in [1.29, 1.82) is 0 Å². The summed E-state index contributed by atoms with van der Waals surface area (Å²) in [6.07, 6.45) is 0.339. The van der Waals surface area contributed by atoms with E-state index in [1.165, 1.54) is 17.0 Å². The first-order chi connectivity index (χ1) is 14.0. The molecule has 0 saturated carbocycles. The Bertz CT molecular complexity index is 1070. The summed E-state index contributed by atoms with van der Waals surface area (Å²) >= 11 is 0. The van der Waals surface area contributed by atoms with E-state index >= 15 is 0 Å². The van der Waals surface area contributed by atoms with Gasteiger partial charge >= 0.3 is 0 Å². The van der Waals surface area contributed by atoms with Crippen LogP contribution in [0.25, 0.3) is 0 Å². The van der Waals surface area contributed by atoms with Crippen LogP contribution in [0.15, 0.2) is 78.9 Å². The second kappa shape index (κ2) is 7.51. The van der Waals surface area contributed by atoms with Crippen LogP contribution < -0.4 is 10.2 Å². The number of nitrogens with zero attached hydrogens (tertiary/aromatic N) is 1. The number of rotatable bonds is 4. The number of carbonyl (C=O) groups is 2. The van der Waals surface area contributed by atoms with E-state index in [4.69, 9.17) is 0 Å². The van der Waals surface area contributed by atoms with Gasteiger partial charge < -0.3 is 5.32 Å². The Morgan fingerprint density at radius 2 is 1.76 bits per heavy atom. The van der Waals surface area contributed by atoms with Crippen molar-refractivity contribution < 1.29 is 14.0 Å². The summed E-state index contributed by atoms with van der Waals surface area (Å²) in [6.45, 7) is 2.08. The summed E-state index contributed by atoms with van der Waals surface area (Å²) in [5, 5.41) is 2.95. The molecule has 3 aromatic carbocycles. The van der Waals surface area contributed by atoms with Crippen LogP contribution >= 0.6 is 0 Å². The van der Waals surface area contributed by atoms with Crippen molar-refractivity contribution in [3.63, 3.8) is 0 Å². The topological polar surface area (TPSA) is 49.4 Å². The molecule has 146 valence electrons. The molecule has 5 heteroatoms. The van der Waals surface area contributed by atoms with Gasteiger partial charge in [0.05, 0.1) is 0 Å². The highest BCUT2D eigenvalue weighted by atomic mass is 19.1. The Kier molecular flexibility index (Phi) is 4.89. The van der Waals surface area contributed by atoms with Gasteiger partial charge in [-0.2, -0.15) is 0 Å². The predicted molar refractivity (Wildman–Crippen MR) is 110 cm³/mol. The van der Waals surface area contributed by atoms with Crippen LogP contribution in [0.5, 0.6) is 0 Å². The smallest absolute Gasteiger partial charge is 0.259 e. The van der Waals surface area contributed by atoms with Gasteiger partial charge in [-0.15, -0.1) is 0 Å². The number of hydrogen-bond acceptors (Lipinski definition) is 2. The lowest BCUT2D eigenvalue weighted by Crippen LogP contribution is -2.63. The maximum atomic E-state index is 13.9. The van der Waals surface area contributed by atoms with Crippen LogP contribution in [-0.4, -0.2) is 17.4 Å². The van der Waals surface area contributed by atoms with Crippen molar-refractivity contribution in [1.82, 2.24) is 5.32 Å². The molecule has 0 fully saturated rings. The van der Waals surface area contributed by atoms with Crippen LogP contribution in [0.4, 0.5) is 10.1 Å². The highest BCUT2D eigenvalue weighted by Crippen LogP contribution is 2.35. The van der Waals surface area contributed by atoms with E-state index in [0.29, 0.717) is 24.2 Å². The summed E-state index contributed by atoms with van der Waals surface area (Å²) in [5.41, 5.74) is 1.48. The third kappa shape index (κ3) is 3.51. The van der Waals surface area contributed by atoms with E-state index in [0.717, 1.165) is 11.1 Å². The molecule has 0 saturated heterocycles. The molecule has 4 rings (SSSR count). The van der Waals surface area contributed by atoms with Crippen molar-refractivity contribution in [2.24, 2.45) is 0 Å². The third-order valence-electron chi connectivity index (χ3n) is 5.33. The highest BCUT2D eigenvalue weighted by Gasteiger charge is 2.47. The van der Waals surface area contributed by atoms with E-state index in [1.54, 1.807) is 31.2 Å². The minimum absolute atomic E-state index is 0.284. The van der Waals surface area contributed by atoms with E-state index < -0.39 is 11.4 Å². The summed E-state index contributed by atoms with van der Waals surface area (Å²) in [5.74, 6) is -1.05. The first-order valence-electron chi connectivity index (χ1n) is 9.49. The van der Waals surface area contributed by atoms with Crippen molar-refractivity contribution in [2.45, 2.75) is 25.4 Å². The van der Waals surface area contributed by atoms with Crippen molar-refractivity contribution in [3.05, 3.63) is 101 Å². The molecule has 1 aliphatic heterocycles. The predicted octanol–water partition coefficient (Wildman–Crippen LogP) is 4.10. The second-order valence-electron chi connectivity index (χ2n) is 7.40. The van der Waals surface area contributed by atoms with Crippen LogP contribution in [0.2, 0.25) is 0 Å². The molecular formula is C24H21FN2O2. The van der Waals surface area contributed by atoms with Crippen molar-refractivity contribution >= 4 is 17.5 Å². The number of halogens is 1. The first kappa shape index (κ1) is 18.9. The number of carbonyl (C=O) groups excluding carboxylic acids is 2. The third-order valence-corrected chi connectivity index (χ3v) is 5.33. The number of anilines is 1. The largest absolute Gasteiger partial charge is 0.350 e. The average Bonchev–Trinajstić information content (AvgIpc) is 2.73. The Morgan fingerprint density at radius 3 is 2.52 bits per heavy atom. The van der Waals surface area contributed by atoms with Crippen LogP contribution in [0.3, 0.4) is 0 Å². The maximum absolute atomic E-state index is 13.9. The molecule has 0 spiro atoms. The molecule has 4 nitrogen and oxygen atoms in total. The molecule has 1 heterocycles. The zero-order chi connectivity index (χ0) is 20.4. The van der Waals surface area contributed by atoms with Gasteiger partial charge in [0.25, 0.3) is 5.91 Å². The van der Waals surface area contributed by atoms with Gasteiger partial charge in [-0.25, -0.2) is 4.39 Å². The Balaban J connectivity index is 1.73. The molecule has 1 N–H and O–H groups in total. The fourth-order valence-electron chi connectivity index (χ4n) is 3.85. The summed E-state index contributed by atoms with van der Waals surface area (Å²) in [4.78, 5) is 28.1. The molecule has 0 unspecified atom stereocenters. The Labute approximate surface area is 169 Å². The van der Waals surface area contributed by atoms with Crippen molar-refractivity contribution in [2.75, 3.05) is 4.90 Å². The molecule has 0 aromatic heterocycles. The van der Waals surface area contributed by atoms with Gasteiger partial charge in [0, 0.05) is 24.2 Å². The molecule has 0 radical (unpaired) electrons. The highest BCUT2D eigenvalue weighted by molar-refractivity contribution is 6.14. The van der Waals surface area contributed by atoms with E-state index in [2.05, 4.69) is 5.32 Å². The fraction of sp³-hybridized carbons (Fsp3) is 0.167. The van der Waals surface area contributed by atoms with E-state index in [9.17, 15) is 14.0 Å².